The number of carboxylic acid groups (broad SMARTS) is 2. The van der Waals surface area contributed by atoms with Gasteiger partial charge in [0.25, 0.3) is 0 Å². The van der Waals surface area contributed by atoms with Gasteiger partial charge in [0.15, 0.2) is 5.92 Å². The van der Waals surface area contributed by atoms with E-state index in [0.29, 0.717) is 11.1 Å². The number of hydrogen-bond donors (Lipinski definition) is 2. The fourth-order valence-electron chi connectivity index (χ4n) is 1.23. The third-order valence-electron chi connectivity index (χ3n) is 2.12. The molecule has 0 spiro atoms. The van der Waals surface area contributed by atoms with Crippen LogP contribution >= 0.6 is 0 Å². The Morgan fingerprint density at radius 3 is 2.06 bits per heavy atom. The lowest BCUT2D eigenvalue weighted by Gasteiger charge is -2.06. The van der Waals surface area contributed by atoms with E-state index in [9.17, 15) is 9.59 Å². The summed E-state index contributed by atoms with van der Waals surface area (Å²) < 4.78 is 0. The van der Waals surface area contributed by atoms with E-state index in [-0.39, 0.29) is 6.42 Å². The Balaban J connectivity index is 2.83. The summed E-state index contributed by atoms with van der Waals surface area (Å²) in [5, 5.41) is 25.9. The number of rotatable bonds is 4. The van der Waals surface area contributed by atoms with Crippen LogP contribution in [0, 0.1) is 17.2 Å². The molecule has 0 saturated carbocycles. The molecule has 16 heavy (non-hydrogen) atoms. The van der Waals surface area contributed by atoms with E-state index >= 15 is 0 Å². The Morgan fingerprint density at radius 1 is 1.19 bits per heavy atom. The monoisotopic (exact) mass is 219 g/mol. The van der Waals surface area contributed by atoms with Crippen molar-refractivity contribution >= 4 is 11.9 Å². The van der Waals surface area contributed by atoms with E-state index in [1.165, 1.54) is 12.1 Å². The molecule has 0 heterocycles. The average Bonchev–Trinajstić information content (AvgIpc) is 2.25. The number of carboxylic acids is 2. The number of benzene rings is 1. The third-order valence-corrected chi connectivity index (χ3v) is 2.12. The van der Waals surface area contributed by atoms with Gasteiger partial charge in [-0.25, -0.2) is 0 Å². The van der Waals surface area contributed by atoms with Gasteiger partial charge in [0, 0.05) is 0 Å². The lowest BCUT2D eigenvalue weighted by atomic mass is 9.99. The summed E-state index contributed by atoms with van der Waals surface area (Å²) in [4.78, 5) is 21.3. The Hall–Kier alpha value is -2.35. The second-order valence-corrected chi connectivity index (χ2v) is 3.24. The SMILES string of the molecule is N#Cc1ccc(CC(C(=O)O)C(=O)O)cc1. The molecule has 0 aliphatic heterocycles. The van der Waals surface area contributed by atoms with Crippen LogP contribution in [0.4, 0.5) is 0 Å². The molecule has 0 radical (unpaired) electrons. The van der Waals surface area contributed by atoms with Gasteiger partial charge < -0.3 is 10.2 Å². The van der Waals surface area contributed by atoms with E-state index in [1.807, 2.05) is 6.07 Å². The van der Waals surface area contributed by atoms with Crippen LogP contribution in [0.2, 0.25) is 0 Å². The molecule has 82 valence electrons. The minimum atomic E-state index is -1.45. The zero-order valence-corrected chi connectivity index (χ0v) is 8.25. The zero-order valence-electron chi connectivity index (χ0n) is 8.25. The fraction of sp³-hybridized carbons (Fsp3) is 0.182. The van der Waals surface area contributed by atoms with E-state index in [2.05, 4.69) is 0 Å². The molecule has 0 aliphatic rings. The molecule has 1 rings (SSSR count). The summed E-state index contributed by atoms with van der Waals surface area (Å²) in [7, 11) is 0. The van der Waals surface area contributed by atoms with Gasteiger partial charge in [-0.2, -0.15) is 5.26 Å². The number of nitrogens with zero attached hydrogens (tertiary/aromatic N) is 1. The number of nitriles is 1. The summed E-state index contributed by atoms with van der Waals surface area (Å²) in [5.41, 5.74) is 1.03. The van der Waals surface area contributed by atoms with Crippen molar-refractivity contribution in [2.75, 3.05) is 0 Å². The van der Waals surface area contributed by atoms with E-state index in [1.54, 1.807) is 12.1 Å². The van der Waals surface area contributed by atoms with Crippen molar-refractivity contribution in [3.63, 3.8) is 0 Å². The molecule has 0 amide bonds. The van der Waals surface area contributed by atoms with Crippen LogP contribution < -0.4 is 0 Å². The minimum absolute atomic E-state index is 0.0869. The van der Waals surface area contributed by atoms with Crippen LogP contribution in [0.15, 0.2) is 24.3 Å². The van der Waals surface area contributed by atoms with Crippen molar-refractivity contribution in [2.24, 2.45) is 5.92 Å². The van der Waals surface area contributed by atoms with Crippen molar-refractivity contribution in [3.8, 4) is 6.07 Å². The molecule has 0 aromatic heterocycles. The Labute approximate surface area is 91.6 Å². The molecule has 0 aliphatic carbocycles. The molecule has 5 heteroatoms. The third kappa shape index (κ3) is 2.82. The van der Waals surface area contributed by atoms with Gasteiger partial charge in [-0.05, 0) is 24.1 Å². The maximum Gasteiger partial charge on any atom is 0.318 e. The Kier molecular flexibility index (Phi) is 3.62. The van der Waals surface area contributed by atoms with Crippen molar-refractivity contribution in [3.05, 3.63) is 35.4 Å². The van der Waals surface area contributed by atoms with Crippen LogP contribution in [0.1, 0.15) is 11.1 Å². The van der Waals surface area contributed by atoms with Gasteiger partial charge in [-0.15, -0.1) is 0 Å². The maximum absolute atomic E-state index is 10.6. The summed E-state index contributed by atoms with van der Waals surface area (Å²) in [5.74, 6) is -4.18. The molecule has 0 fully saturated rings. The van der Waals surface area contributed by atoms with Crippen molar-refractivity contribution in [2.45, 2.75) is 6.42 Å². The number of hydrogen-bond acceptors (Lipinski definition) is 3. The lowest BCUT2D eigenvalue weighted by molar-refractivity contribution is -0.154. The predicted molar refractivity (Wildman–Crippen MR) is 53.6 cm³/mol. The highest BCUT2D eigenvalue weighted by molar-refractivity contribution is 5.93. The number of carbonyl (C=O) groups is 2. The quantitative estimate of drug-likeness (QED) is 0.732. The second kappa shape index (κ2) is 4.94. The van der Waals surface area contributed by atoms with Gasteiger partial charge in [0.2, 0.25) is 0 Å². The molecular formula is C11H9NO4. The summed E-state index contributed by atoms with van der Waals surface area (Å²) in [6, 6.07) is 8.07. The molecular weight excluding hydrogens is 210 g/mol. The molecule has 0 unspecified atom stereocenters. The molecule has 1 aromatic rings. The van der Waals surface area contributed by atoms with E-state index in [4.69, 9.17) is 15.5 Å². The van der Waals surface area contributed by atoms with E-state index < -0.39 is 17.9 Å². The lowest BCUT2D eigenvalue weighted by Crippen LogP contribution is -2.25. The van der Waals surface area contributed by atoms with Crippen molar-refractivity contribution in [1.29, 1.82) is 5.26 Å². The van der Waals surface area contributed by atoms with Gasteiger partial charge in [-0.1, -0.05) is 12.1 Å². The molecule has 0 saturated heterocycles. The highest BCUT2D eigenvalue weighted by Gasteiger charge is 2.25. The van der Waals surface area contributed by atoms with Crippen LogP contribution in [-0.4, -0.2) is 22.2 Å². The van der Waals surface area contributed by atoms with Gasteiger partial charge in [0.1, 0.15) is 0 Å². The highest BCUT2D eigenvalue weighted by atomic mass is 16.4. The van der Waals surface area contributed by atoms with Crippen LogP contribution in [0.25, 0.3) is 0 Å². The molecule has 1 aromatic carbocycles. The van der Waals surface area contributed by atoms with Crippen molar-refractivity contribution in [1.82, 2.24) is 0 Å². The van der Waals surface area contributed by atoms with Crippen LogP contribution in [0.3, 0.4) is 0 Å². The first kappa shape index (κ1) is 11.7. The fourth-order valence-corrected chi connectivity index (χ4v) is 1.23. The standard InChI is InChI=1S/C11H9NO4/c12-6-8-3-1-7(2-4-8)5-9(10(13)14)11(15)16/h1-4,9H,5H2,(H,13,14)(H,15,16). The topological polar surface area (TPSA) is 98.4 Å². The van der Waals surface area contributed by atoms with E-state index in [0.717, 1.165) is 0 Å². The zero-order chi connectivity index (χ0) is 12.1. The first-order valence-electron chi connectivity index (χ1n) is 4.49. The minimum Gasteiger partial charge on any atom is -0.481 e. The first-order valence-corrected chi connectivity index (χ1v) is 4.49. The molecule has 2 N–H and O–H groups in total. The predicted octanol–water partition coefficient (Wildman–Crippen LogP) is 0.886. The van der Waals surface area contributed by atoms with Gasteiger partial charge >= 0.3 is 11.9 Å². The average molecular weight is 219 g/mol. The Bertz CT molecular complexity index is 430. The smallest absolute Gasteiger partial charge is 0.318 e. The second-order valence-electron chi connectivity index (χ2n) is 3.24. The summed E-state index contributed by atoms with van der Waals surface area (Å²) in [6.07, 6.45) is -0.0869. The summed E-state index contributed by atoms with van der Waals surface area (Å²) >= 11 is 0. The van der Waals surface area contributed by atoms with Crippen LogP contribution in [-0.2, 0) is 16.0 Å². The largest absolute Gasteiger partial charge is 0.481 e. The molecule has 0 bridgehead atoms. The van der Waals surface area contributed by atoms with Gasteiger partial charge in [0.05, 0.1) is 11.6 Å². The normalized spacial score (nSPS) is 9.75. The van der Waals surface area contributed by atoms with Crippen molar-refractivity contribution < 1.29 is 19.8 Å². The van der Waals surface area contributed by atoms with Gasteiger partial charge in [-0.3, -0.25) is 9.59 Å². The number of aliphatic carboxylic acids is 2. The Morgan fingerprint density at radius 2 is 1.69 bits per heavy atom. The highest BCUT2D eigenvalue weighted by Crippen LogP contribution is 2.11. The first-order chi connectivity index (χ1) is 7.54. The molecule has 5 nitrogen and oxygen atoms in total. The maximum atomic E-state index is 10.6. The van der Waals surface area contributed by atoms with Crippen LogP contribution in [0.5, 0.6) is 0 Å². The molecule has 0 atom stereocenters. The summed E-state index contributed by atoms with van der Waals surface area (Å²) in [6.45, 7) is 0.